The summed E-state index contributed by atoms with van der Waals surface area (Å²) in [6, 6.07) is 15.9. The monoisotopic (exact) mass is 325 g/mol. The van der Waals surface area contributed by atoms with Crippen LogP contribution in [-0.4, -0.2) is 32.3 Å². The fourth-order valence-electron chi connectivity index (χ4n) is 2.74. The van der Waals surface area contributed by atoms with Crippen LogP contribution in [0.1, 0.15) is 27.9 Å². The largest absolute Gasteiger partial charge is 0.493 e. The van der Waals surface area contributed by atoms with Crippen molar-refractivity contribution in [2.24, 2.45) is 0 Å². The van der Waals surface area contributed by atoms with Gasteiger partial charge in [0.1, 0.15) is 5.75 Å². The maximum Gasteiger partial charge on any atom is 0.251 e. The quantitative estimate of drug-likeness (QED) is 0.759. The lowest BCUT2D eigenvalue weighted by atomic mass is 10.1. The second kappa shape index (κ2) is 8.50. The summed E-state index contributed by atoms with van der Waals surface area (Å²) >= 11 is 0. The van der Waals surface area contributed by atoms with E-state index in [2.05, 4.69) is 17.4 Å². The summed E-state index contributed by atoms with van der Waals surface area (Å²) in [6.07, 6.45) is 2.62. The molecule has 4 nitrogen and oxygen atoms in total. The van der Waals surface area contributed by atoms with Gasteiger partial charge in [-0.2, -0.15) is 0 Å². The van der Waals surface area contributed by atoms with Gasteiger partial charge >= 0.3 is 0 Å². The van der Waals surface area contributed by atoms with Crippen LogP contribution < -0.4 is 10.1 Å². The molecule has 0 atom stereocenters. The number of benzene rings is 2. The van der Waals surface area contributed by atoms with E-state index >= 15 is 0 Å². The number of fused-ring (bicyclic) bond motifs is 1. The average molecular weight is 325 g/mol. The molecule has 0 aromatic heterocycles. The van der Waals surface area contributed by atoms with Gasteiger partial charge in [0.25, 0.3) is 5.91 Å². The lowest BCUT2D eigenvalue weighted by molar-refractivity contribution is 0.0942. The van der Waals surface area contributed by atoms with Crippen LogP contribution in [0, 0.1) is 0 Å². The maximum absolute atomic E-state index is 12.1. The Balaban J connectivity index is 1.30. The molecule has 0 saturated heterocycles. The molecule has 0 aliphatic carbocycles. The van der Waals surface area contributed by atoms with Crippen LogP contribution in [0.5, 0.6) is 5.75 Å². The lowest BCUT2D eigenvalue weighted by Crippen LogP contribution is -2.25. The molecule has 0 unspecified atom stereocenters. The molecule has 0 fully saturated rings. The van der Waals surface area contributed by atoms with Gasteiger partial charge in [-0.3, -0.25) is 4.79 Å². The first kappa shape index (κ1) is 16.5. The van der Waals surface area contributed by atoms with E-state index in [1.54, 1.807) is 0 Å². The van der Waals surface area contributed by atoms with Gasteiger partial charge in [-0.05, 0) is 42.2 Å². The van der Waals surface area contributed by atoms with Crippen LogP contribution in [0.4, 0.5) is 0 Å². The Morgan fingerprint density at radius 1 is 1.12 bits per heavy atom. The number of rotatable bonds is 8. The van der Waals surface area contributed by atoms with E-state index in [1.807, 2.05) is 36.4 Å². The van der Waals surface area contributed by atoms with Crippen molar-refractivity contribution < 1.29 is 14.3 Å². The van der Waals surface area contributed by atoms with Crippen LogP contribution in [0.15, 0.2) is 48.5 Å². The molecule has 1 N–H and O–H groups in total. The molecule has 126 valence electrons. The normalized spacial score (nSPS) is 12.5. The van der Waals surface area contributed by atoms with Crippen molar-refractivity contribution in [1.82, 2.24) is 5.32 Å². The van der Waals surface area contributed by atoms with Gasteiger partial charge in [-0.25, -0.2) is 0 Å². The lowest BCUT2D eigenvalue weighted by Gasteiger charge is -2.07. The van der Waals surface area contributed by atoms with Gasteiger partial charge < -0.3 is 14.8 Å². The van der Waals surface area contributed by atoms with E-state index in [4.69, 9.17) is 9.47 Å². The Hall–Kier alpha value is -2.33. The van der Waals surface area contributed by atoms with Crippen molar-refractivity contribution in [1.29, 1.82) is 0 Å². The van der Waals surface area contributed by atoms with Crippen LogP contribution in [0.25, 0.3) is 0 Å². The van der Waals surface area contributed by atoms with Crippen LogP contribution in [-0.2, 0) is 17.6 Å². The molecule has 2 aromatic rings. The standard InChI is InChI=1S/C20H23NO3/c22-20(18-7-8-19-17(15-18)10-14-24-19)21-11-4-12-23-13-9-16-5-2-1-3-6-16/h1-3,5-8,15H,4,9-14H2,(H,21,22). The molecule has 1 amide bonds. The van der Waals surface area contributed by atoms with Crippen molar-refractivity contribution in [2.75, 3.05) is 26.4 Å². The molecular weight excluding hydrogens is 302 g/mol. The van der Waals surface area contributed by atoms with Gasteiger partial charge in [0.15, 0.2) is 0 Å². The summed E-state index contributed by atoms with van der Waals surface area (Å²) in [5, 5.41) is 2.94. The van der Waals surface area contributed by atoms with E-state index < -0.39 is 0 Å². The molecule has 1 aliphatic rings. The Bertz CT molecular complexity index is 670. The number of hydrogen-bond donors (Lipinski definition) is 1. The molecule has 24 heavy (non-hydrogen) atoms. The number of amides is 1. The van der Waals surface area contributed by atoms with Gasteiger partial charge in [0.2, 0.25) is 0 Å². The Labute approximate surface area is 142 Å². The van der Waals surface area contributed by atoms with Gasteiger partial charge in [0, 0.05) is 25.1 Å². The fraction of sp³-hybridized carbons (Fsp3) is 0.350. The van der Waals surface area contributed by atoms with Gasteiger partial charge in [0.05, 0.1) is 13.2 Å². The highest BCUT2D eigenvalue weighted by Crippen LogP contribution is 2.25. The summed E-state index contributed by atoms with van der Waals surface area (Å²) in [6.45, 7) is 2.70. The molecule has 0 radical (unpaired) electrons. The number of carbonyl (C=O) groups is 1. The number of nitrogens with one attached hydrogen (secondary N) is 1. The highest BCUT2D eigenvalue weighted by atomic mass is 16.5. The zero-order valence-corrected chi connectivity index (χ0v) is 13.8. The Morgan fingerprint density at radius 2 is 2.00 bits per heavy atom. The third-order valence-electron chi connectivity index (χ3n) is 4.08. The SMILES string of the molecule is O=C(NCCCOCCc1ccccc1)c1ccc2c(c1)CCO2. The summed E-state index contributed by atoms with van der Waals surface area (Å²) in [4.78, 5) is 12.1. The average Bonchev–Trinajstić information content (AvgIpc) is 3.09. The molecule has 2 aromatic carbocycles. The molecule has 1 aliphatic heterocycles. The van der Waals surface area contributed by atoms with E-state index in [9.17, 15) is 4.79 Å². The third kappa shape index (κ3) is 4.59. The minimum absolute atomic E-state index is 0.0333. The van der Waals surface area contributed by atoms with Crippen LogP contribution >= 0.6 is 0 Å². The maximum atomic E-state index is 12.1. The number of hydrogen-bond acceptors (Lipinski definition) is 3. The summed E-state index contributed by atoms with van der Waals surface area (Å²) in [5.74, 6) is 0.868. The Kier molecular flexibility index (Phi) is 5.85. The molecule has 1 heterocycles. The molecule has 3 rings (SSSR count). The van der Waals surface area contributed by atoms with Crippen molar-refractivity contribution in [2.45, 2.75) is 19.3 Å². The van der Waals surface area contributed by atoms with Crippen molar-refractivity contribution in [3.63, 3.8) is 0 Å². The van der Waals surface area contributed by atoms with E-state index in [1.165, 1.54) is 5.56 Å². The molecule has 4 heteroatoms. The molecule has 0 saturated carbocycles. The predicted molar refractivity (Wildman–Crippen MR) is 93.6 cm³/mol. The first-order chi connectivity index (χ1) is 11.8. The second-order valence-electron chi connectivity index (χ2n) is 5.88. The van der Waals surface area contributed by atoms with E-state index in [0.29, 0.717) is 31.9 Å². The van der Waals surface area contributed by atoms with Crippen LogP contribution in [0.2, 0.25) is 0 Å². The topological polar surface area (TPSA) is 47.6 Å². The van der Waals surface area contributed by atoms with Crippen molar-refractivity contribution in [3.05, 3.63) is 65.2 Å². The fourth-order valence-corrected chi connectivity index (χ4v) is 2.74. The first-order valence-corrected chi connectivity index (χ1v) is 8.48. The summed E-state index contributed by atoms with van der Waals surface area (Å²) in [7, 11) is 0. The minimum atomic E-state index is -0.0333. The third-order valence-corrected chi connectivity index (χ3v) is 4.08. The van der Waals surface area contributed by atoms with E-state index in [0.717, 1.165) is 30.6 Å². The highest BCUT2D eigenvalue weighted by molar-refractivity contribution is 5.94. The highest BCUT2D eigenvalue weighted by Gasteiger charge is 2.14. The first-order valence-electron chi connectivity index (χ1n) is 8.48. The molecule has 0 spiro atoms. The zero-order chi connectivity index (χ0) is 16.6. The number of ether oxygens (including phenoxy) is 2. The molecular formula is C20H23NO3. The van der Waals surface area contributed by atoms with Crippen molar-refractivity contribution in [3.8, 4) is 5.75 Å². The summed E-state index contributed by atoms with van der Waals surface area (Å²) < 4.78 is 11.1. The smallest absolute Gasteiger partial charge is 0.251 e. The Morgan fingerprint density at radius 3 is 2.88 bits per heavy atom. The predicted octanol–water partition coefficient (Wildman–Crippen LogP) is 3.00. The van der Waals surface area contributed by atoms with Crippen LogP contribution in [0.3, 0.4) is 0 Å². The molecule has 0 bridgehead atoms. The van der Waals surface area contributed by atoms with Gasteiger partial charge in [-0.1, -0.05) is 30.3 Å². The number of carbonyl (C=O) groups excluding carboxylic acids is 1. The second-order valence-corrected chi connectivity index (χ2v) is 5.88. The summed E-state index contributed by atoms with van der Waals surface area (Å²) in [5.41, 5.74) is 3.10. The van der Waals surface area contributed by atoms with Gasteiger partial charge in [-0.15, -0.1) is 0 Å². The minimum Gasteiger partial charge on any atom is -0.493 e. The van der Waals surface area contributed by atoms with E-state index in [-0.39, 0.29) is 5.91 Å². The zero-order valence-electron chi connectivity index (χ0n) is 13.8. The van der Waals surface area contributed by atoms with Crippen molar-refractivity contribution >= 4 is 5.91 Å².